The molecule has 0 unspecified atom stereocenters. The molecule has 1 saturated carbocycles. The fourth-order valence-electron chi connectivity index (χ4n) is 4.76. The maximum Gasteiger partial charge on any atom is 0.249 e. The minimum Gasteiger partial charge on any atom is -0.387 e. The molecule has 33 heavy (non-hydrogen) atoms. The standard InChI is InChI=1S/C20H27ClN6O6/c21-19-25-15(24-10-3-6-31-7-10)12-16(26-19)27(9-23-12)17-14(29)13(28)11(33-17)8-32-20(18(22)30)4-1-2-5-20/h9-11,13-14,17,28-29H,1-8H2,(H2,22,30)(H,24,25,26)/t10-,11-,13-,14-,17-/m1/s1. The summed E-state index contributed by atoms with van der Waals surface area (Å²) in [5.74, 6) is -0.0685. The molecule has 5 N–H and O–H groups in total. The van der Waals surface area contributed by atoms with Crippen LogP contribution in [0.4, 0.5) is 5.82 Å². The Balaban J connectivity index is 1.36. The van der Waals surface area contributed by atoms with Crippen molar-refractivity contribution in [2.45, 2.75) is 68.3 Å². The molecule has 0 aromatic carbocycles. The average Bonchev–Trinajstić information content (AvgIpc) is 3.57. The van der Waals surface area contributed by atoms with Crippen LogP contribution in [-0.2, 0) is 19.0 Å². The molecule has 1 aliphatic carbocycles. The molecule has 4 heterocycles. The Morgan fingerprint density at radius 2 is 2.12 bits per heavy atom. The number of anilines is 1. The molecule has 3 aliphatic rings. The molecule has 2 aromatic heterocycles. The van der Waals surface area contributed by atoms with E-state index in [1.54, 1.807) is 0 Å². The Kier molecular flexibility index (Phi) is 6.14. The number of rotatable bonds is 7. The number of carbonyl (C=O) groups excluding carboxylic acids is 1. The minimum absolute atomic E-state index is 0.00298. The third-order valence-corrected chi connectivity index (χ3v) is 6.83. The van der Waals surface area contributed by atoms with E-state index in [1.807, 2.05) is 0 Å². The number of imidazole rings is 1. The Hall–Kier alpha value is -2.09. The van der Waals surface area contributed by atoms with Crippen LogP contribution in [0.3, 0.4) is 0 Å². The number of halogens is 1. The zero-order valence-corrected chi connectivity index (χ0v) is 18.6. The highest BCUT2D eigenvalue weighted by Gasteiger charge is 2.47. The number of aliphatic hydroxyl groups is 2. The monoisotopic (exact) mass is 482 g/mol. The van der Waals surface area contributed by atoms with E-state index in [4.69, 9.17) is 31.5 Å². The molecule has 0 bridgehead atoms. The smallest absolute Gasteiger partial charge is 0.249 e. The van der Waals surface area contributed by atoms with Gasteiger partial charge in [0.2, 0.25) is 11.2 Å². The van der Waals surface area contributed by atoms with Crippen LogP contribution >= 0.6 is 11.6 Å². The Bertz CT molecular complexity index is 1020. The molecule has 180 valence electrons. The number of fused-ring (bicyclic) bond motifs is 1. The van der Waals surface area contributed by atoms with Gasteiger partial charge in [0.15, 0.2) is 23.2 Å². The molecule has 2 saturated heterocycles. The van der Waals surface area contributed by atoms with E-state index in [1.165, 1.54) is 10.9 Å². The summed E-state index contributed by atoms with van der Waals surface area (Å²) in [5.41, 5.74) is 5.31. The zero-order valence-electron chi connectivity index (χ0n) is 17.9. The van der Waals surface area contributed by atoms with E-state index in [-0.39, 0.29) is 17.9 Å². The highest BCUT2D eigenvalue weighted by molar-refractivity contribution is 6.28. The fourth-order valence-corrected chi connectivity index (χ4v) is 4.93. The summed E-state index contributed by atoms with van der Waals surface area (Å²) in [6.07, 6.45) is 0.639. The van der Waals surface area contributed by atoms with Gasteiger partial charge >= 0.3 is 0 Å². The third kappa shape index (κ3) is 4.15. The van der Waals surface area contributed by atoms with Crippen molar-refractivity contribution in [3.8, 4) is 0 Å². The quantitative estimate of drug-likeness (QED) is 0.398. The van der Waals surface area contributed by atoms with E-state index in [9.17, 15) is 15.0 Å². The van der Waals surface area contributed by atoms with Crippen LogP contribution in [0.25, 0.3) is 11.2 Å². The van der Waals surface area contributed by atoms with Crippen LogP contribution in [0.5, 0.6) is 0 Å². The first-order valence-corrected chi connectivity index (χ1v) is 11.5. The number of hydrogen-bond acceptors (Lipinski definition) is 10. The summed E-state index contributed by atoms with van der Waals surface area (Å²) in [7, 11) is 0. The molecule has 5 rings (SSSR count). The number of nitrogens with one attached hydrogen (secondary N) is 1. The number of amides is 1. The van der Waals surface area contributed by atoms with E-state index in [2.05, 4.69) is 20.3 Å². The molecular formula is C20H27ClN6O6. The summed E-state index contributed by atoms with van der Waals surface area (Å²) in [5, 5.41) is 24.6. The summed E-state index contributed by atoms with van der Waals surface area (Å²) in [6.45, 7) is 1.12. The second kappa shape index (κ2) is 8.93. The Morgan fingerprint density at radius 3 is 2.82 bits per heavy atom. The van der Waals surface area contributed by atoms with Crippen LogP contribution in [0, 0.1) is 0 Å². The number of aliphatic hydroxyl groups excluding tert-OH is 2. The van der Waals surface area contributed by atoms with Crippen molar-refractivity contribution in [1.82, 2.24) is 19.5 Å². The van der Waals surface area contributed by atoms with Crippen LogP contribution < -0.4 is 11.1 Å². The summed E-state index contributed by atoms with van der Waals surface area (Å²) in [4.78, 5) is 24.8. The molecule has 0 spiro atoms. The highest BCUT2D eigenvalue weighted by Crippen LogP contribution is 2.37. The number of nitrogens with zero attached hydrogens (tertiary/aromatic N) is 4. The first kappa shape index (κ1) is 22.7. The van der Waals surface area contributed by atoms with Gasteiger partial charge in [0.25, 0.3) is 0 Å². The van der Waals surface area contributed by atoms with Crippen LogP contribution in [-0.4, -0.2) is 85.4 Å². The Labute approximate surface area is 194 Å². The van der Waals surface area contributed by atoms with Crippen molar-refractivity contribution < 1.29 is 29.2 Å². The van der Waals surface area contributed by atoms with Gasteiger partial charge in [0.1, 0.15) is 23.9 Å². The third-order valence-electron chi connectivity index (χ3n) is 6.66. The predicted molar refractivity (Wildman–Crippen MR) is 115 cm³/mol. The molecule has 0 radical (unpaired) electrons. The number of ether oxygens (including phenoxy) is 3. The minimum atomic E-state index is -1.28. The number of carbonyl (C=O) groups is 1. The van der Waals surface area contributed by atoms with E-state index in [0.29, 0.717) is 43.0 Å². The van der Waals surface area contributed by atoms with Gasteiger partial charge in [-0.3, -0.25) is 9.36 Å². The lowest BCUT2D eigenvalue weighted by atomic mass is 10.0. The zero-order chi connectivity index (χ0) is 23.2. The van der Waals surface area contributed by atoms with Gasteiger partial charge in [-0.25, -0.2) is 4.98 Å². The van der Waals surface area contributed by atoms with E-state index < -0.39 is 36.0 Å². The lowest BCUT2D eigenvalue weighted by Crippen LogP contribution is -2.46. The number of nitrogens with two attached hydrogens (primary N) is 1. The maximum atomic E-state index is 12.0. The van der Waals surface area contributed by atoms with E-state index >= 15 is 0 Å². The maximum absolute atomic E-state index is 12.0. The predicted octanol–water partition coefficient (Wildman–Crippen LogP) is 0.114. The van der Waals surface area contributed by atoms with Gasteiger partial charge in [-0.2, -0.15) is 9.97 Å². The lowest BCUT2D eigenvalue weighted by molar-refractivity contribution is -0.152. The van der Waals surface area contributed by atoms with Crippen LogP contribution in [0.2, 0.25) is 5.28 Å². The van der Waals surface area contributed by atoms with Crippen molar-refractivity contribution in [1.29, 1.82) is 0 Å². The number of aromatic nitrogens is 4. The number of primary amides is 1. The van der Waals surface area contributed by atoms with Gasteiger partial charge < -0.3 is 35.5 Å². The molecule has 1 amide bonds. The SMILES string of the molecule is NC(=O)C1(OC[C@H]2O[C@@H](n3cnc4c(N[C@@H]5CCOC5)nc(Cl)nc43)[C@H](O)[C@@H]2O)CCCC1. The molecule has 2 aliphatic heterocycles. The fraction of sp³-hybridized carbons (Fsp3) is 0.700. The van der Waals surface area contributed by atoms with Gasteiger partial charge in [-0.15, -0.1) is 0 Å². The van der Waals surface area contributed by atoms with E-state index in [0.717, 1.165) is 19.3 Å². The lowest BCUT2D eigenvalue weighted by Gasteiger charge is -2.27. The molecule has 13 heteroatoms. The Morgan fingerprint density at radius 1 is 1.33 bits per heavy atom. The first-order chi connectivity index (χ1) is 15.9. The average molecular weight is 483 g/mol. The summed E-state index contributed by atoms with van der Waals surface area (Å²) < 4.78 is 18.7. The van der Waals surface area contributed by atoms with Crippen molar-refractivity contribution >= 4 is 34.5 Å². The molecule has 5 atom stereocenters. The first-order valence-electron chi connectivity index (χ1n) is 11.1. The highest BCUT2D eigenvalue weighted by atomic mass is 35.5. The van der Waals surface area contributed by atoms with Crippen molar-refractivity contribution in [2.24, 2.45) is 5.73 Å². The molecular weight excluding hydrogens is 456 g/mol. The van der Waals surface area contributed by atoms with Crippen molar-refractivity contribution in [3.63, 3.8) is 0 Å². The second-order valence-corrected chi connectivity index (χ2v) is 9.13. The second-order valence-electron chi connectivity index (χ2n) is 8.79. The van der Waals surface area contributed by atoms with Gasteiger partial charge in [0.05, 0.1) is 25.6 Å². The topological polar surface area (TPSA) is 167 Å². The van der Waals surface area contributed by atoms with Crippen LogP contribution in [0.1, 0.15) is 38.3 Å². The summed E-state index contributed by atoms with van der Waals surface area (Å²) >= 11 is 6.15. The number of hydrogen-bond donors (Lipinski definition) is 4. The normalized spacial score (nSPS) is 31.4. The van der Waals surface area contributed by atoms with Crippen molar-refractivity contribution in [2.75, 3.05) is 25.1 Å². The van der Waals surface area contributed by atoms with Gasteiger partial charge in [0, 0.05) is 6.61 Å². The van der Waals surface area contributed by atoms with Gasteiger partial charge in [-0.1, -0.05) is 0 Å². The van der Waals surface area contributed by atoms with Crippen LogP contribution in [0.15, 0.2) is 6.33 Å². The molecule has 12 nitrogen and oxygen atoms in total. The van der Waals surface area contributed by atoms with Crippen molar-refractivity contribution in [3.05, 3.63) is 11.6 Å². The molecule has 3 fully saturated rings. The summed E-state index contributed by atoms with van der Waals surface area (Å²) in [6, 6.07) is 0.0779. The largest absolute Gasteiger partial charge is 0.387 e. The van der Waals surface area contributed by atoms with Gasteiger partial charge in [-0.05, 0) is 43.7 Å². The molecule has 2 aromatic rings.